The lowest BCUT2D eigenvalue weighted by Gasteiger charge is -2.19. The van der Waals surface area contributed by atoms with Crippen LogP contribution in [0.5, 0.6) is 5.75 Å². The van der Waals surface area contributed by atoms with Crippen molar-refractivity contribution in [3.8, 4) is 5.75 Å². The van der Waals surface area contributed by atoms with Crippen molar-refractivity contribution in [2.24, 2.45) is 0 Å². The second kappa shape index (κ2) is 10.6. The van der Waals surface area contributed by atoms with Crippen molar-refractivity contribution in [1.29, 1.82) is 0 Å². The Bertz CT molecular complexity index is 1220. The van der Waals surface area contributed by atoms with Crippen molar-refractivity contribution in [3.63, 3.8) is 0 Å². The minimum Gasteiger partial charge on any atom is -0.487 e. The van der Waals surface area contributed by atoms with Crippen LogP contribution in [0.4, 0.5) is 26.4 Å². The summed E-state index contributed by atoms with van der Waals surface area (Å²) in [5, 5.41) is 17.4. The van der Waals surface area contributed by atoms with Crippen LogP contribution in [-0.4, -0.2) is 39.7 Å². The van der Waals surface area contributed by atoms with E-state index in [-0.39, 0.29) is 36.1 Å². The SMILES string of the molecule is CC(C)(C)OC(=O)NCCCOc1cc2ncnc(Nc3ccc(Br)cc3F)c2cc1[N+](=O)[O-]. The number of nitro groups is 1. The minimum atomic E-state index is -0.606. The van der Waals surface area contributed by atoms with Crippen LogP contribution in [0, 0.1) is 15.9 Å². The predicted molar refractivity (Wildman–Crippen MR) is 128 cm³/mol. The molecule has 180 valence electrons. The van der Waals surface area contributed by atoms with E-state index in [0.29, 0.717) is 21.8 Å². The van der Waals surface area contributed by atoms with Gasteiger partial charge in [-0.15, -0.1) is 0 Å². The molecule has 1 aromatic heterocycles. The number of anilines is 2. The molecule has 0 radical (unpaired) electrons. The van der Waals surface area contributed by atoms with Crippen molar-refractivity contribution >= 4 is 50.1 Å². The summed E-state index contributed by atoms with van der Waals surface area (Å²) in [5.41, 5.74) is -0.363. The van der Waals surface area contributed by atoms with Crippen LogP contribution in [0.2, 0.25) is 0 Å². The van der Waals surface area contributed by atoms with Gasteiger partial charge in [0.2, 0.25) is 0 Å². The van der Waals surface area contributed by atoms with E-state index in [2.05, 4.69) is 36.5 Å². The van der Waals surface area contributed by atoms with E-state index >= 15 is 0 Å². The van der Waals surface area contributed by atoms with Crippen molar-refractivity contribution in [2.75, 3.05) is 18.5 Å². The third-order valence-corrected chi connectivity index (χ3v) is 4.84. The molecule has 0 aliphatic heterocycles. The molecule has 0 spiro atoms. The summed E-state index contributed by atoms with van der Waals surface area (Å²) >= 11 is 3.19. The van der Waals surface area contributed by atoms with E-state index in [1.807, 2.05) is 0 Å². The highest BCUT2D eigenvalue weighted by molar-refractivity contribution is 9.10. The summed E-state index contributed by atoms with van der Waals surface area (Å²) in [7, 11) is 0. The summed E-state index contributed by atoms with van der Waals surface area (Å²) in [6, 6.07) is 7.17. The first kappa shape index (κ1) is 25.1. The fourth-order valence-electron chi connectivity index (χ4n) is 2.91. The van der Waals surface area contributed by atoms with Crippen molar-refractivity contribution in [2.45, 2.75) is 32.8 Å². The van der Waals surface area contributed by atoms with E-state index in [4.69, 9.17) is 9.47 Å². The van der Waals surface area contributed by atoms with E-state index in [0.717, 1.165) is 0 Å². The quantitative estimate of drug-likeness (QED) is 0.220. The number of alkyl carbamates (subject to hydrolysis) is 1. The van der Waals surface area contributed by atoms with Crippen LogP contribution >= 0.6 is 15.9 Å². The van der Waals surface area contributed by atoms with Gasteiger partial charge in [0.05, 0.1) is 28.1 Å². The molecule has 2 N–H and O–H groups in total. The van der Waals surface area contributed by atoms with E-state index < -0.39 is 22.4 Å². The maximum absolute atomic E-state index is 14.2. The molecule has 0 saturated carbocycles. The molecule has 0 saturated heterocycles. The van der Waals surface area contributed by atoms with Crippen molar-refractivity contribution in [1.82, 2.24) is 15.3 Å². The van der Waals surface area contributed by atoms with Gasteiger partial charge in [-0.25, -0.2) is 19.2 Å². The molecule has 12 heteroatoms. The molecule has 0 bridgehead atoms. The maximum atomic E-state index is 14.2. The Hall–Kier alpha value is -3.54. The highest BCUT2D eigenvalue weighted by Gasteiger charge is 2.20. The van der Waals surface area contributed by atoms with Gasteiger partial charge in [-0.3, -0.25) is 10.1 Å². The van der Waals surface area contributed by atoms with Gasteiger partial charge < -0.3 is 20.1 Å². The molecular weight excluding hydrogens is 513 g/mol. The smallest absolute Gasteiger partial charge is 0.407 e. The number of fused-ring (bicyclic) bond motifs is 1. The third kappa shape index (κ3) is 6.73. The molecule has 1 heterocycles. The van der Waals surface area contributed by atoms with E-state index in [9.17, 15) is 19.3 Å². The zero-order valence-electron chi connectivity index (χ0n) is 18.7. The zero-order valence-corrected chi connectivity index (χ0v) is 20.3. The molecule has 3 rings (SSSR count). The van der Waals surface area contributed by atoms with E-state index in [1.165, 1.54) is 30.6 Å². The monoisotopic (exact) mass is 535 g/mol. The second-order valence-electron chi connectivity index (χ2n) is 8.20. The average Bonchev–Trinajstić information content (AvgIpc) is 2.73. The number of carbonyl (C=O) groups excluding carboxylic acids is 1. The highest BCUT2D eigenvalue weighted by Crippen LogP contribution is 2.35. The standard InChI is InChI=1S/C22H23BrFN5O5/c1-22(2,3)34-21(30)25-7-4-8-33-19-11-17-14(10-18(19)29(31)32)20(27-12-26-17)28-16-6-5-13(23)9-15(16)24/h5-6,9-12H,4,7-8H2,1-3H3,(H,25,30)(H,26,27,28). The van der Waals surface area contributed by atoms with Crippen LogP contribution < -0.4 is 15.4 Å². The molecule has 1 amide bonds. The number of aromatic nitrogens is 2. The Morgan fingerprint density at radius 3 is 2.68 bits per heavy atom. The molecule has 2 aromatic carbocycles. The van der Waals surface area contributed by atoms with Crippen molar-refractivity contribution < 1.29 is 23.6 Å². The molecule has 0 fully saturated rings. The first-order valence-corrected chi connectivity index (χ1v) is 11.1. The normalized spacial score (nSPS) is 11.2. The molecule has 0 atom stereocenters. The van der Waals surface area contributed by atoms with Crippen LogP contribution in [0.25, 0.3) is 10.9 Å². The predicted octanol–water partition coefficient (Wildman–Crippen LogP) is 5.48. The topological polar surface area (TPSA) is 129 Å². The molecule has 10 nitrogen and oxygen atoms in total. The first-order valence-electron chi connectivity index (χ1n) is 10.3. The molecule has 3 aromatic rings. The molecule has 0 unspecified atom stereocenters. The fourth-order valence-corrected chi connectivity index (χ4v) is 3.24. The number of amides is 1. The van der Waals surface area contributed by atoms with Gasteiger partial charge in [0.15, 0.2) is 5.75 Å². The van der Waals surface area contributed by atoms with Gasteiger partial charge in [0.25, 0.3) is 0 Å². The van der Waals surface area contributed by atoms with Gasteiger partial charge in [0.1, 0.15) is 23.6 Å². The van der Waals surface area contributed by atoms with Gasteiger partial charge in [-0.05, 0) is 45.4 Å². The summed E-state index contributed by atoms with van der Waals surface area (Å²) in [5.74, 6) is -0.285. The number of nitro benzene ring substituents is 1. The van der Waals surface area contributed by atoms with Gasteiger partial charge in [-0.2, -0.15) is 0 Å². The molecule has 34 heavy (non-hydrogen) atoms. The fraction of sp³-hybridized carbons (Fsp3) is 0.318. The Balaban J connectivity index is 1.74. The number of benzene rings is 2. The zero-order chi connectivity index (χ0) is 24.9. The Labute approximate surface area is 203 Å². The number of carbonyl (C=O) groups is 1. The summed E-state index contributed by atoms with van der Waals surface area (Å²) < 4.78 is 25.6. The highest BCUT2D eigenvalue weighted by atomic mass is 79.9. The lowest BCUT2D eigenvalue weighted by atomic mass is 10.2. The number of nitrogens with one attached hydrogen (secondary N) is 2. The summed E-state index contributed by atoms with van der Waals surface area (Å²) in [6.07, 6.45) is 1.11. The lowest BCUT2D eigenvalue weighted by molar-refractivity contribution is -0.385. The van der Waals surface area contributed by atoms with Gasteiger partial charge in [-0.1, -0.05) is 15.9 Å². The molecule has 0 aliphatic rings. The Morgan fingerprint density at radius 2 is 2.00 bits per heavy atom. The van der Waals surface area contributed by atoms with Gasteiger partial charge >= 0.3 is 11.8 Å². The number of hydrogen-bond donors (Lipinski definition) is 2. The number of rotatable bonds is 8. The molecular formula is C22H23BrFN5O5. The largest absolute Gasteiger partial charge is 0.487 e. The summed E-state index contributed by atoms with van der Waals surface area (Å²) in [6.45, 7) is 5.66. The first-order chi connectivity index (χ1) is 16.0. The van der Waals surface area contributed by atoms with Crippen LogP contribution in [0.15, 0.2) is 41.1 Å². The van der Waals surface area contributed by atoms with Gasteiger partial charge in [0, 0.05) is 23.2 Å². The lowest BCUT2D eigenvalue weighted by Crippen LogP contribution is -2.33. The second-order valence-corrected chi connectivity index (χ2v) is 9.11. The number of hydrogen-bond acceptors (Lipinski definition) is 8. The number of nitrogens with zero attached hydrogens (tertiary/aromatic N) is 3. The molecule has 0 aliphatic carbocycles. The van der Waals surface area contributed by atoms with Crippen LogP contribution in [0.1, 0.15) is 27.2 Å². The Kier molecular flexibility index (Phi) is 7.82. The van der Waals surface area contributed by atoms with Crippen LogP contribution in [0.3, 0.4) is 0 Å². The maximum Gasteiger partial charge on any atom is 0.407 e. The minimum absolute atomic E-state index is 0.0224. The Morgan fingerprint density at radius 1 is 1.24 bits per heavy atom. The summed E-state index contributed by atoms with van der Waals surface area (Å²) in [4.78, 5) is 31.0. The van der Waals surface area contributed by atoms with Crippen LogP contribution in [-0.2, 0) is 4.74 Å². The van der Waals surface area contributed by atoms with E-state index in [1.54, 1.807) is 26.8 Å². The van der Waals surface area contributed by atoms with Crippen molar-refractivity contribution in [3.05, 3.63) is 57.1 Å². The third-order valence-electron chi connectivity index (χ3n) is 4.34. The number of ether oxygens (including phenoxy) is 2. The number of halogens is 2. The average molecular weight is 536 g/mol.